The number of anilines is 5. The van der Waals surface area contributed by atoms with Crippen molar-refractivity contribution in [3.63, 3.8) is 0 Å². The third-order valence-corrected chi connectivity index (χ3v) is 6.15. The summed E-state index contributed by atoms with van der Waals surface area (Å²) in [6.45, 7) is 0.474. The maximum Gasteiger partial charge on any atom is 0.255 e. The van der Waals surface area contributed by atoms with E-state index < -0.39 is 0 Å². The molecule has 3 N–H and O–H groups in total. The lowest BCUT2D eigenvalue weighted by molar-refractivity contribution is 0.102. The van der Waals surface area contributed by atoms with Gasteiger partial charge in [0.2, 0.25) is 5.95 Å². The number of aromatic nitrogens is 2. The van der Waals surface area contributed by atoms with E-state index in [1.54, 1.807) is 23.9 Å². The summed E-state index contributed by atoms with van der Waals surface area (Å²) in [7, 11) is 0. The van der Waals surface area contributed by atoms with Crippen molar-refractivity contribution in [1.29, 1.82) is 0 Å². The summed E-state index contributed by atoms with van der Waals surface area (Å²) < 4.78 is 5.99. The van der Waals surface area contributed by atoms with Crippen LogP contribution in [0.3, 0.4) is 0 Å². The lowest BCUT2D eigenvalue weighted by atomic mass is 10.1. The Hall–Kier alpha value is -3.75. The van der Waals surface area contributed by atoms with Crippen LogP contribution in [-0.4, -0.2) is 28.2 Å². The number of carbonyl (C=O) groups is 1. The van der Waals surface area contributed by atoms with Gasteiger partial charge < -0.3 is 20.7 Å². The van der Waals surface area contributed by atoms with E-state index in [9.17, 15) is 4.79 Å². The highest BCUT2D eigenvalue weighted by Crippen LogP contribution is 2.30. The van der Waals surface area contributed by atoms with Crippen LogP contribution in [0.15, 0.2) is 83.9 Å². The van der Waals surface area contributed by atoms with Crippen molar-refractivity contribution in [2.45, 2.75) is 4.90 Å². The number of benzene rings is 3. The summed E-state index contributed by atoms with van der Waals surface area (Å²) in [4.78, 5) is 22.8. The lowest BCUT2D eigenvalue weighted by Gasteiger charge is -2.13. The number of halogens is 1. The molecule has 0 atom stereocenters. The summed E-state index contributed by atoms with van der Waals surface area (Å²) in [5.41, 5.74) is 2.64. The number of carbonyl (C=O) groups excluding carboxylic acids is 1. The molecule has 2 heterocycles. The summed E-state index contributed by atoms with van der Waals surface area (Å²) in [6.07, 6.45) is 1.53. The topological polar surface area (TPSA) is 88.2 Å². The Bertz CT molecular complexity index is 1340. The molecule has 0 saturated heterocycles. The van der Waals surface area contributed by atoms with Gasteiger partial charge in [-0.3, -0.25) is 4.79 Å². The maximum absolute atomic E-state index is 12.9. The first-order chi connectivity index (χ1) is 16.6. The average Bonchev–Trinajstić information content (AvgIpc) is 2.84. The van der Waals surface area contributed by atoms with Crippen molar-refractivity contribution in [1.82, 2.24) is 9.97 Å². The van der Waals surface area contributed by atoms with Crippen LogP contribution < -0.4 is 20.7 Å². The maximum atomic E-state index is 12.9. The van der Waals surface area contributed by atoms with Crippen molar-refractivity contribution < 1.29 is 9.53 Å². The molecule has 1 aliphatic rings. The first-order valence-electron chi connectivity index (χ1n) is 10.6. The van der Waals surface area contributed by atoms with E-state index in [0.29, 0.717) is 46.1 Å². The molecular weight excluding hydrogens is 470 g/mol. The first-order valence-corrected chi connectivity index (χ1v) is 11.9. The highest BCUT2D eigenvalue weighted by molar-refractivity contribution is 7.99. The minimum Gasteiger partial charge on any atom is -0.493 e. The minimum absolute atomic E-state index is 0.248. The quantitative estimate of drug-likeness (QED) is 0.302. The molecule has 0 fully saturated rings. The van der Waals surface area contributed by atoms with Crippen molar-refractivity contribution >= 4 is 58.1 Å². The molecule has 170 valence electrons. The zero-order chi connectivity index (χ0) is 23.3. The SMILES string of the molecule is O=C(Nc1ccccc1)c1cc2cc(c1)OCCSc1cccc(c1)Nc1nc(ncc1Cl)N2. The normalized spacial score (nSPS) is 12.7. The van der Waals surface area contributed by atoms with Crippen LogP contribution in [-0.2, 0) is 0 Å². The fourth-order valence-electron chi connectivity index (χ4n) is 3.37. The Morgan fingerprint density at radius 1 is 1.00 bits per heavy atom. The first kappa shape index (κ1) is 22.1. The number of nitrogens with one attached hydrogen (secondary N) is 3. The molecule has 5 rings (SSSR count). The predicted octanol–water partition coefficient (Wildman–Crippen LogP) is 6.35. The summed E-state index contributed by atoms with van der Waals surface area (Å²) in [6, 6.07) is 22.6. The third kappa shape index (κ3) is 5.41. The summed E-state index contributed by atoms with van der Waals surface area (Å²) in [5.74, 6) is 1.87. The molecule has 1 amide bonds. The van der Waals surface area contributed by atoms with Gasteiger partial charge in [0.05, 0.1) is 12.8 Å². The number of ether oxygens (including phenoxy) is 1. The van der Waals surface area contributed by atoms with Crippen LogP contribution in [0, 0.1) is 0 Å². The molecule has 0 aliphatic carbocycles. The van der Waals surface area contributed by atoms with E-state index in [2.05, 4.69) is 25.9 Å². The minimum atomic E-state index is -0.248. The molecule has 0 radical (unpaired) electrons. The molecule has 3 aromatic carbocycles. The standard InChI is InChI=1S/C25H20ClN5O2S/c26-22-15-27-25-30-19-11-16(24(32)29-17-5-2-1-3-6-17)12-20(13-19)33-9-10-34-21-8-4-7-18(14-21)28-23(22)31-25/h1-8,11-15H,9-10H2,(H,29,32)(H2,27,28,30,31). The van der Waals surface area contributed by atoms with Gasteiger partial charge in [-0.05, 0) is 42.5 Å². The van der Waals surface area contributed by atoms with E-state index in [1.807, 2.05) is 60.7 Å². The van der Waals surface area contributed by atoms with E-state index in [1.165, 1.54) is 6.20 Å². The Kier molecular flexibility index (Phi) is 6.51. The van der Waals surface area contributed by atoms with E-state index >= 15 is 0 Å². The Morgan fingerprint density at radius 3 is 2.76 bits per heavy atom. The highest BCUT2D eigenvalue weighted by atomic mass is 35.5. The molecule has 1 aromatic heterocycles. The molecule has 6 bridgehead atoms. The largest absolute Gasteiger partial charge is 0.493 e. The molecule has 34 heavy (non-hydrogen) atoms. The number of hydrogen-bond acceptors (Lipinski definition) is 7. The summed E-state index contributed by atoms with van der Waals surface area (Å²) >= 11 is 8.01. The van der Waals surface area contributed by atoms with Gasteiger partial charge in [-0.15, -0.1) is 11.8 Å². The molecule has 0 unspecified atom stereocenters. The second-order valence-electron chi connectivity index (χ2n) is 7.43. The second-order valence-corrected chi connectivity index (χ2v) is 9.01. The predicted molar refractivity (Wildman–Crippen MR) is 137 cm³/mol. The molecule has 0 saturated carbocycles. The smallest absolute Gasteiger partial charge is 0.255 e. The van der Waals surface area contributed by atoms with Gasteiger partial charge in [0.25, 0.3) is 5.91 Å². The van der Waals surface area contributed by atoms with E-state index in [-0.39, 0.29) is 5.91 Å². The fourth-order valence-corrected chi connectivity index (χ4v) is 4.30. The number of amides is 1. The Labute approximate surface area is 205 Å². The molecule has 1 aliphatic heterocycles. The van der Waals surface area contributed by atoms with Crippen LogP contribution >= 0.6 is 23.4 Å². The van der Waals surface area contributed by atoms with Gasteiger partial charge in [-0.2, -0.15) is 4.98 Å². The van der Waals surface area contributed by atoms with Crippen LogP contribution in [0.25, 0.3) is 0 Å². The van der Waals surface area contributed by atoms with Crippen molar-refractivity contribution in [3.8, 4) is 5.75 Å². The monoisotopic (exact) mass is 489 g/mol. The van der Waals surface area contributed by atoms with E-state index in [4.69, 9.17) is 16.3 Å². The van der Waals surface area contributed by atoms with Crippen molar-refractivity contribution in [2.75, 3.05) is 28.3 Å². The Balaban J connectivity index is 1.49. The number of hydrogen-bond donors (Lipinski definition) is 3. The van der Waals surface area contributed by atoms with Gasteiger partial charge >= 0.3 is 0 Å². The van der Waals surface area contributed by atoms with Crippen molar-refractivity contribution in [3.05, 3.63) is 89.6 Å². The zero-order valence-corrected chi connectivity index (χ0v) is 19.5. The third-order valence-electron chi connectivity index (χ3n) is 4.92. The molecule has 7 nitrogen and oxygen atoms in total. The van der Waals surface area contributed by atoms with Gasteiger partial charge in [0, 0.05) is 39.3 Å². The van der Waals surface area contributed by atoms with Crippen LogP contribution in [0.5, 0.6) is 5.75 Å². The Morgan fingerprint density at radius 2 is 1.88 bits per heavy atom. The van der Waals surface area contributed by atoms with Crippen LogP contribution in [0.1, 0.15) is 10.4 Å². The molecule has 9 heteroatoms. The van der Waals surface area contributed by atoms with Crippen LogP contribution in [0.2, 0.25) is 5.02 Å². The average molecular weight is 490 g/mol. The molecule has 4 aromatic rings. The zero-order valence-electron chi connectivity index (χ0n) is 17.9. The second kappa shape index (κ2) is 10.0. The van der Waals surface area contributed by atoms with Gasteiger partial charge in [0.1, 0.15) is 10.8 Å². The van der Waals surface area contributed by atoms with E-state index in [0.717, 1.165) is 16.3 Å². The molecule has 0 spiro atoms. The number of rotatable bonds is 2. The summed E-state index contributed by atoms with van der Waals surface area (Å²) in [5, 5.41) is 9.72. The van der Waals surface area contributed by atoms with Crippen molar-refractivity contribution in [2.24, 2.45) is 0 Å². The molecular formula is C25H20ClN5O2S. The van der Waals surface area contributed by atoms with Crippen LogP contribution in [0.4, 0.5) is 28.8 Å². The number of nitrogens with zero attached hydrogens (tertiary/aromatic N) is 2. The fraction of sp³-hybridized carbons (Fsp3) is 0.0800. The highest BCUT2D eigenvalue weighted by Gasteiger charge is 2.13. The number of fused-ring (bicyclic) bond motifs is 6. The lowest BCUT2D eigenvalue weighted by Crippen LogP contribution is -2.13. The number of para-hydroxylation sites is 1. The van der Waals surface area contributed by atoms with Gasteiger partial charge in [-0.1, -0.05) is 35.9 Å². The number of thioether (sulfide) groups is 1. The van der Waals surface area contributed by atoms with Gasteiger partial charge in [-0.25, -0.2) is 4.98 Å². The van der Waals surface area contributed by atoms with Gasteiger partial charge in [0.15, 0.2) is 5.82 Å².